The Morgan fingerprint density at radius 1 is 1.07 bits per heavy atom. The van der Waals surface area contributed by atoms with Crippen molar-refractivity contribution >= 4 is 40.6 Å². The van der Waals surface area contributed by atoms with Crippen LogP contribution in [-0.4, -0.2) is 16.6 Å². The fraction of sp³-hybridized carbons (Fsp3) is 0.0952. The first-order valence-electron chi connectivity index (χ1n) is 8.47. The highest BCUT2D eigenvalue weighted by atomic mass is 35.5. The molecule has 0 fully saturated rings. The Bertz CT molecular complexity index is 1040. The van der Waals surface area contributed by atoms with Crippen molar-refractivity contribution in [1.82, 2.24) is 0 Å². The Kier molecular flexibility index (Phi) is 6.34. The third kappa shape index (κ3) is 4.71. The zero-order valence-electron chi connectivity index (χ0n) is 15.0. The van der Waals surface area contributed by atoms with Crippen LogP contribution in [0.1, 0.15) is 5.56 Å². The van der Waals surface area contributed by atoms with E-state index in [1.54, 1.807) is 12.1 Å². The first-order chi connectivity index (χ1) is 13.5. The minimum atomic E-state index is -0.516. The summed E-state index contributed by atoms with van der Waals surface area (Å²) >= 11 is 7.76. The molecule has 142 valence electrons. The summed E-state index contributed by atoms with van der Waals surface area (Å²) in [6.45, 7) is 1.98. The highest BCUT2D eigenvalue weighted by molar-refractivity contribution is 8.00. The molecule has 0 aliphatic rings. The number of hydrogen-bond donors (Lipinski definition) is 1. The van der Waals surface area contributed by atoms with Crippen LogP contribution in [0.4, 0.5) is 11.4 Å². The topological polar surface area (TPSA) is 72.2 Å². The van der Waals surface area contributed by atoms with Gasteiger partial charge < -0.3 is 5.32 Å². The number of carbonyl (C=O) groups excluding carboxylic acids is 1. The van der Waals surface area contributed by atoms with E-state index in [0.29, 0.717) is 5.02 Å². The Balaban J connectivity index is 1.75. The molecule has 0 atom stereocenters. The number of carbonyl (C=O) groups is 1. The standard InChI is InChI=1S/C21H17ClN2O3S/c1-14-10-11-15(17(22)12-14)16-6-2-5-9-20(16)28-13-21(25)23-18-7-3-4-8-19(18)24(26)27/h2-12H,13H2,1H3,(H,23,25). The minimum Gasteiger partial charge on any atom is -0.320 e. The van der Waals surface area contributed by atoms with Crippen molar-refractivity contribution < 1.29 is 9.72 Å². The number of rotatable bonds is 6. The van der Waals surface area contributed by atoms with Crippen LogP contribution in [0.3, 0.4) is 0 Å². The molecule has 0 radical (unpaired) electrons. The zero-order valence-corrected chi connectivity index (χ0v) is 16.6. The summed E-state index contributed by atoms with van der Waals surface area (Å²) in [6.07, 6.45) is 0. The van der Waals surface area contributed by atoms with Gasteiger partial charge in [-0.25, -0.2) is 0 Å². The largest absolute Gasteiger partial charge is 0.320 e. The molecule has 0 bridgehead atoms. The second-order valence-corrected chi connectivity index (χ2v) is 7.51. The average molecular weight is 413 g/mol. The van der Waals surface area contributed by atoms with Crippen LogP contribution in [0.2, 0.25) is 5.02 Å². The van der Waals surface area contributed by atoms with Crippen LogP contribution in [0.15, 0.2) is 71.6 Å². The van der Waals surface area contributed by atoms with Crippen LogP contribution in [0.25, 0.3) is 11.1 Å². The van der Waals surface area contributed by atoms with Crippen molar-refractivity contribution in [1.29, 1.82) is 0 Å². The van der Waals surface area contributed by atoms with Crippen molar-refractivity contribution in [3.05, 3.63) is 87.4 Å². The van der Waals surface area contributed by atoms with Gasteiger partial charge in [0, 0.05) is 21.5 Å². The molecule has 3 aromatic rings. The summed E-state index contributed by atoms with van der Waals surface area (Å²) in [4.78, 5) is 23.8. The number of nitrogens with one attached hydrogen (secondary N) is 1. The summed E-state index contributed by atoms with van der Waals surface area (Å²) < 4.78 is 0. The van der Waals surface area contributed by atoms with Gasteiger partial charge >= 0.3 is 0 Å². The maximum atomic E-state index is 12.3. The average Bonchev–Trinajstić information content (AvgIpc) is 2.67. The number of amides is 1. The molecular formula is C21H17ClN2O3S. The van der Waals surface area contributed by atoms with Crippen LogP contribution < -0.4 is 5.32 Å². The molecule has 0 unspecified atom stereocenters. The molecule has 0 heterocycles. The van der Waals surface area contributed by atoms with Gasteiger partial charge in [-0.15, -0.1) is 11.8 Å². The number of para-hydroxylation sites is 2. The summed E-state index contributed by atoms with van der Waals surface area (Å²) in [5, 5.41) is 14.3. The van der Waals surface area contributed by atoms with Gasteiger partial charge in [-0.1, -0.05) is 54.1 Å². The lowest BCUT2D eigenvalue weighted by Gasteiger charge is -2.11. The van der Waals surface area contributed by atoms with E-state index in [1.165, 1.54) is 23.9 Å². The Hall–Kier alpha value is -2.83. The number of nitro groups is 1. The number of nitro benzene ring substituents is 1. The summed E-state index contributed by atoms with van der Waals surface area (Å²) in [5.41, 5.74) is 2.97. The van der Waals surface area contributed by atoms with Crippen molar-refractivity contribution in [3.63, 3.8) is 0 Å². The van der Waals surface area contributed by atoms with Gasteiger partial charge in [-0.3, -0.25) is 14.9 Å². The highest BCUT2D eigenvalue weighted by Gasteiger charge is 2.16. The third-order valence-electron chi connectivity index (χ3n) is 4.04. The number of hydrogen-bond acceptors (Lipinski definition) is 4. The lowest BCUT2D eigenvalue weighted by atomic mass is 10.0. The number of nitrogens with zero attached hydrogens (tertiary/aromatic N) is 1. The predicted octanol–water partition coefficient (Wildman–Crippen LogP) is 5.95. The van der Waals surface area contributed by atoms with Crippen molar-refractivity contribution in [3.8, 4) is 11.1 Å². The quantitative estimate of drug-likeness (QED) is 0.308. The normalized spacial score (nSPS) is 10.5. The van der Waals surface area contributed by atoms with E-state index in [2.05, 4.69) is 5.32 Å². The molecule has 0 spiro atoms. The van der Waals surface area contributed by atoms with E-state index >= 15 is 0 Å². The van der Waals surface area contributed by atoms with Gasteiger partial charge in [-0.2, -0.15) is 0 Å². The van der Waals surface area contributed by atoms with Crippen molar-refractivity contribution in [2.45, 2.75) is 11.8 Å². The molecular weight excluding hydrogens is 396 g/mol. The molecule has 1 amide bonds. The third-order valence-corrected chi connectivity index (χ3v) is 5.42. The first kappa shape index (κ1) is 19.9. The number of halogens is 1. The monoisotopic (exact) mass is 412 g/mol. The van der Waals surface area contributed by atoms with Crippen LogP contribution >= 0.6 is 23.4 Å². The molecule has 7 heteroatoms. The molecule has 0 aromatic heterocycles. The Morgan fingerprint density at radius 3 is 2.54 bits per heavy atom. The van der Waals surface area contributed by atoms with Crippen molar-refractivity contribution in [2.24, 2.45) is 0 Å². The van der Waals surface area contributed by atoms with Gasteiger partial charge in [0.1, 0.15) is 5.69 Å². The van der Waals surface area contributed by atoms with E-state index in [9.17, 15) is 14.9 Å². The van der Waals surface area contributed by atoms with E-state index < -0.39 is 4.92 Å². The van der Waals surface area contributed by atoms with Crippen LogP contribution in [0.5, 0.6) is 0 Å². The van der Waals surface area contributed by atoms with E-state index in [0.717, 1.165) is 21.6 Å². The number of anilines is 1. The number of thioether (sulfide) groups is 1. The van der Waals surface area contributed by atoms with E-state index in [-0.39, 0.29) is 23.0 Å². The lowest BCUT2D eigenvalue weighted by Crippen LogP contribution is -2.15. The molecule has 5 nitrogen and oxygen atoms in total. The molecule has 28 heavy (non-hydrogen) atoms. The van der Waals surface area contributed by atoms with E-state index in [1.807, 2.05) is 49.4 Å². The number of benzene rings is 3. The molecule has 0 aliphatic heterocycles. The zero-order chi connectivity index (χ0) is 20.1. The van der Waals surface area contributed by atoms with Gasteiger partial charge in [0.25, 0.3) is 5.69 Å². The highest BCUT2D eigenvalue weighted by Crippen LogP contribution is 2.36. The lowest BCUT2D eigenvalue weighted by molar-refractivity contribution is -0.383. The maximum Gasteiger partial charge on any atom is 0.292 e. The van der Waals surface area contributed by atoms with Gasteiger partial charge in [-0.05, 0) is 36.2 Å². The summed E-state index contributed by atoms with van der Waals surface area (Å²) in [5.74, 6) is -0.198. The second-order valence-electron chi connectivity index (χ2n) is 6.09. The molecule has 1 N–H and O–H groups in total. The van der Waals surface area contributed by atoms with Gasteiger partial charge in [0.15, 0.2) is 0 Å². The number of aryl methyl sites for hydroxylation is 1. The first-order valence-corrected chi connectivity index (χ1v) is 9.83. The molecule has 0 saturated heterocycles. The van der Waals surface area contributed by atoms with Gasteiger partial charge in [0.05, 0.1) is 10.7 Å². The van der Waals surface area contributed by atoms with Gasteiger partial charge in [0.2, 0.25) is 5.91 Å². The molecule has 3 aromatic carbocycles. The smallest absolute Gasteiger partial charge is 0.292 e. The summed E-state index contributed by atoms with van der Waals surface area (Å²) in [6, 6.07) is 19.6. The summed E-state index contributed by atoms with van der Waals surface area (Å²) in [7, 11) is 0. The fourth-order valence-electron chi connectivity index (χ4n) is 2.72. The van der Waals surface area contributed by atoms with Crippen molar-refractivity contribution in [2.75, 3.05) is 11.1 Å². The maximum absolute atomic E-state index is 12.3. The fourth-order valence-corrected chi connectivity index (χ4v) is 3.93. The molecule has 3 rings (SSSR count). The van der Waals surface area contributed by atoms with Crippen LogP contribution in [0, 0.1) is 17.0 Å². The Morgan fingerprint density at radius 2 is 1.79 bits per heavy atom. The predicted molar refractivity (Wildman–Crippen MR) is 114 cm³/mol. The SMILES string of the molecule is Cc1ccc(-c2ccccc2SCC(=O)Nc2ccccc2[N+](=O)[O-])c(Cl)c1. The minimum absolute atomic E-state index is 0.118. The van der Waals surface area contributed by atoms with Crippen LogP contribution in [-0.2, 0) is 4.79 Å². The molecule has 0 saturated carbocycles. The molecule has 0 aliphatic carbocycles. The second kappa shape index (κ2) is 8.91. The van der Waals surface area contributed by atoms with E-state index in [4.69, 9.17) is 11.6 Å². The Labute approximate surface area is 171 Å².